The second-order valence-corrected chi connectivity index (χ2v) is 5.45. The number of carbonyl (C=O) groups excluding carboxylic acids is 2. The number of carbonyl (C=O) groups is 2. The number of para-hydroxylation sites is 1. The summed E-state index contributed by atoms with van der Waals surface area (Å²) in [4.78, 5) is 27.2. The van der Waals surface area contributed by atoms with E-state index in [4.69, 9.17) is 4.74 Å². The Morgan fingerprint density at radius 1 is 1.37 bits per heavy atom. The minimum absolute atomic E-state index is 0.00949. The average molecular weight is 276 g/mol. The summed E-state index contributed by atoms with van der Waals surface area (Å²) in [7, 11) is 0. The number of esters is 1. The highest BCUT2D eigenvalue weighted by molar-refractivity contribution is 7.22. The molecule has 0 saturated heterocycles. The van der Waals surface area contributed by atoms with Crippen molar-refractivity contribution >= 4 is 38.6 Å². The zero-order valence-corrected chi connectivity index (χ0v) is 10.9. The van der Waals surface area contributed by atoms with Crippen LogP contribution in [0.5, 0.6) is 0 Å². The maximum Gasteiger partial charge on any atom is 0.309 e. The van der Waals surface area contributed by atoms with E-state index in [1.54, 1.807) is 0 Å². The van der Waals surface area contributed by atoms with Crippen molar-refractivity contribution < 1.29 is 14.3 Å². The van der Waals surface area contributed by atoms with Gasteiger partial charge < -0.3 is 4.74 Å². The van der Waals surface area contributed by atoms with Gasteiger partial charge in [-0.2, -0.15) is 0 Å². The first kappa shape index (κ1) is 12.1. The Morgan fingerprint density at radius 3 is 2.89 bits per heavy atom. The summed E-state index contributed by atoms with van der Waals surface area (Å²) in [5, 5.41) is 3.16. The normalized spacial score (nSPS) is 14.3. The van der Waals surface area contributed by atoms with Crippen LogP contribution in [-0.4, -0.2) is 23.5 Å². The van der Waals surface area contributed by atoms with Crippen molar-refractivity contribution in [3.8, 4) is 0 Å². The number of thiazole rings is 1. The molecule has 1 amide bonds. The zero-order valence-electron chi connectivity index (χ0n) is 10.1. The monoisotopic (exact) mass is 276 g/mol. The van der Waals surface area contributed by atoms with Gasteiger partial charge in [0.25, 0.3) is 5.91 Å². The third kappa shape index (κ3) is 2.90. The molecule has 0 bridgehead atoms. The van der Waals surface area contributed by atoms with Gasteiger partial charge in [0.2, 0.25) is 0 Å². The van der Waals surface area contributed by atoms with Crippen LogP contribution in [0.15, 0.2) is 24.3 Å². The van der Waals surface area contributed by atoms with Gasteiger partial charge in [-0.25, -0.2) is 4.98 Å². The topological polar surface area (TPSA) is 68.3 Å². The number of hydrogen-bond donors (Lipinski definition) is 1. The fraction of sp³-hybridized carbons (Fsp3) is 0.308. The number of amides is 1. The van der Waals surface area contributed by atoms with Crippen LogP contribution in [0.25, 0.3) is 10.2 Å². The first-order chi connectivity index (χ1) is 9.22. The van der Waals surface area contributed by atoms with E-state index in [9.17, 15) is 9.59 Å². The van der Waals surface area contributed by atoms with Gasteiger partial charge >= 0.3 is 5.97 Å². The molecule has 1 N–H and O–H groups in total. The van der Waals surface area contributed by atoms with Gasteiger partial charge in [-0.1, -0.05) is 23.5 Å². The fourth-order valence-electron chi connectivity index (χ4n) is 1.65. The van der Waals surface area contributed by atoms with Crippen molar-refractivity contribution in [3.05, 3.63) is 24.3 Å². The number of ether oxygens (including phenoxy) is 1. The molecule has 3 rings (SSSR count). The number of benzene rings is 1. The molecule has 0 radical (unpaired) electrons. The maximum absolute atomic E-state index is 11.6. The number of fused-ring (bicyclic) bond motifs is 1. The summed E-state index contributed by atoms with van der Waals surface area (Å²) in [6.45, 7) is -0.245. The number of hydrogen-bond acceptors (Lipinski definition) is 5. The lowest BCUT2D eigenvalue weighted by molar-refractivity contribution is -0.148. The van der Waals surface area contributed by atoms with Gasteiger partial charge in [-0.15, -0.1) is 0 Å². The van der Waals surface area contributed by atoms with E-state index >= 15 is 0 Å². The van der Waals surface area contributed by atoms with Gasteiger partial charge in [-0.3, -0.25) is 14.9 Å². The lowest BCUT2D eigenvalue weighted by Gasteiger charge is -2.03. The minimum Gasteiger partial charge on any atom is -0.455 e. The first-order valence-electron chi connectivity index (χ1n) is 6.04. The highest BCUT2D eigenvalue weighted by Gasteiger charge is 2.31. The van der Waals surface area contributed by atoms with Crippen LogP contribution in [0.4, 0.5) is 5.13 Å². The molecule has 1 aliphatic rings. The Kier molecular flexibility index (Phi) is 3.16. The van der Waals surface area contributed by atoms with E-state index in [1.165, 1.54) is 11.3 Å². The molecule has 0 aliphatic heterocycles. The van der Waals surface area contributed by atoms with Gasteiger partial charge in [0, 0.05) is 0 Å². The van der Waals surface area contributed by atoms with Gasteiger partial charge in [0.15, 0.2) is 11.7 Å². The largest absolute Gasteiger partial charge is 0.455 e. The highest BCUT2D eigenvalue weighted by Crippen LogP contribution is 2.30. The second-order valence-electron chi connectivity index (χ2n) is 4.42. The Morgan fingerprint density at radius 2 is 2.16 bits per heavy atom. The summed E-state index contributed by atoms with van der Waals surface area (Å²) in [6, 6.07) is 7.64. The molecule has 6 heteroatoms. The Bertz CT molecular complexity index is 601. The molecule has 1 aromatic heterocycles. The Hall–Kier alpha value is -1.95. The average Bonchev–Trinajstić information content (AvgIpc) is 3.16. The van der Waals surface area contributed by atoms with Crippen LogP contribution in [-0.2, 0) is 14.3 Å². The zero-order chi connectivity index (χ0) is 13.2. The van der Waals surface area contributed by atoms with Crippen molar-refractivity contribution in [2.45, 2.75) is 12.8 Å². The molecular formula is C13H12N2O3S. The molecule has 0 spiro atoms. The SMILES string of the molecule is O=C(COC(=O)C1CC1)Nc1nc2ccccc2s1. The summed E-state index contributed by atoms with van der Waals surface area (Å²) >= 11 is 1.39. The standard InChI is InChI=1S/C13H12N2O3S/c16-11(7-18-12(17)8-5-6-8)15-13-14-9-3-1-2-4-10(9)19-13/h1-4,8H,5-7H2,(H,14,15,16). The number of nitrogens with zero attached hydrogens (tertiary/aromatic N) is 1. The summed E-state index contributed by atoms with van der Waals surface area (Å²) < 4.78 is 5.91. The Labute approximate surface area is 113 Å². The summed E-state index contributed by atoms with van der Waals surface area (Å²) in [5.41, 5.74) is 0.845. The number of rotatable bonds is 4. The van der Waals surface area contributed by atoms with Gasteiger partial charge in [0.1, 0.15) is 0 Å². The number of aromatic nitrogens is 1. The van der Waals surface area contributed by atoms with E-state index in [0.717, 1.165) is 23.1 Å². The van der Waals surface area contributed by atoms with Crippen molar-refractivity contribution in [3.63, 3.8) is 0 Å². The lowest BCUT2D eigenvalue weighted by atomic mass is 10.3. The molecule has 1 aromatic carbocycles. The van der Waals surface area contributed by atoms with E-state index in [-0.39, 0.29) is 24.4 Å². The molecule has 0 unspecified atom stereocenters. The first-order valence-corrected chi connectivity index (χ1v) is 6.86. The van der Waals surface area contributed by atoms with Crippen molar-refractivity contribution in [2.75, 3.05) is 11.9 Å². The number of nitrogens with one attached hydrogen (secondary N) is 1. The van der Waals surface area contributed by atoms with Crippen LogP contribution in [0.1, 0.15) is 12.8 Å². The predicted molar refractivity (Wildman–Crippen MR) is 71.9 cm³/mol. The third-order valence-electron chi connectivity index (χ3n) is 2.80. The predicted octanol–water partition coefficient (Wildman–Crippen LogP) is 2.19. The molecule has 0 atom stereocenters. The molecule has 1 saturated carbocycles. The van der Waals surface area contributed by atoms with Crippen LogP contribution in [0.2, 0.25) is 0 Å². The minimum atomic E-state index is -0.354. The van der Waals surface area contributed by atoms with E-state index < -0.39 is 0 Å². The molecule has 1 heterocycles. The van der Waals surface area contributed by atoms with Crippen LogP contribution in [0.3, 0.4) is 0 Å². The van der Waals surface area contributed by atoms with Crippen LogP contribution >= 0.6 is 11.3 Å². The lowest BCUT2D eigenvalue weighted by Crippen LogP contribution is -2.21. The third-order valence-corrected chi connectivity index (χ3v) is 3.75. The second kappa shape index (κ2) is 4.97. The molecule has 98 valence electrons. The fourth-order valence-corrected chi connectivity index (χ4v) is 2.54. The van der Waals surface area contributed by atoms with Gasteiger partial charge in [-0.05, 0) is 25.0 Å². The van der Waals surface area contributed by atoms with Crippen molar-refractivity contribution in [1.82, 2.24) is 4.98 Å². The molecule has 19 heavy (non-hydrogen) atoms. The Balaban J connectivity index is 1.57. The summed E-state index contributed by atoms with van der Waals surface area (Å²) in [6.07, 6.45) is 1.75. The maximum atomic E-state index is 11.6. The van der Waals surface area contributed by atoms with Crippen LogP contribution in [0, 0.1) is 5.92 Å². The molecule has 5 nitrogen and oxygen atoms in total. The highest BCUT2D eigenvalue weighted by atomic mass is 32.1. The van der Waals surface area contributed by atoms with E-state index in [1.807, 2.05) is 24.3 Å². The molecule has 1 aliphatic carbocycles. The van der Waals surface area contributed by atoms with Crippen molar-refractivity contribution in [1.29, 1.82) is 0 Å². The molecule has 2 aromatic rings. The van der Waals surface area contributed by atoms with E-state index in [0.29, 0.717) is 5.13 Å². The van der Waals surface area contributed by atoms with E-state index in [2.05, 4.69) is 10.3 Å². The molecular weight excluding hydrogens is 264 g/mol. The molecule has 1 fully saturated rings. The number of anilines is 1. The summed E-state index contributed by atoms with van der Waals surface area (Å²) in [5.74, 6) is -0.622. The van der Waals surface area contributed by atoms with Crippen LogP contribution < -0.4 is 5.32 Å². The van der Waals surface area contributed by atoms with Crippen molar-refractivity contribution in [2.24, 2.45) is 5.92 Å². The quantitative estimate of drug-likeness (QED) is 0.869. The van der Waals surface area contributed by atoms with Gasteiger partial charge in [0.05, 0.1) is 16.1 Å². The smallest absolute Gasteiger partial charge is 0.309 e.